The van der Waals surface area contributed by atoms with E-state index in [4.69, 9.17) is 19.2 Å². The quantitative estimate of drug-likeness (QED) is 0.717. The number of ether oxygens (including phenoxy) is 2. The molecule has 1 aromatic carbocycles. The third-order valence-electron chi connectivity index (χ3n) is 3.76. The summed E-state index contributed by atoms with van der Waals surface area (Å²) in [6, 6.07) is 11.3. The highest BCUT2D eigenvalue weighted by Gasteiger charge is 2.24. The van der Waals surface area contributed by atoms with Gasteiger partial charge in [0.1, 0.15) is 30.2 Å². The lowest BCUT2D eigenvalue weighted by Gasteiger charge is -2.17. The summed E-state index contributed by atoms with van der Waals surface area (Å²) in [5, 5.41) is 11.7. The van der Waals surface area contributed by atoms with Crippen molar-refractivity contribution >= 4 is 11.9 Å². The SMILES string of the molecule is COC(=O)C(CC(C)C)NC(=O)c1ccc(COc2ccccc2C#N)o1. The molecule has 1 unspecified atom stereocenters. The maximum Gasteiger partial charge on any atom is 0.328 e. The Morgan fingerprint density at radius 1 is 1.22 bits per heavy atom. The Balaban J connectivity index is 2.00. The molecule has 1 heterocycles. The van der Waals surface area contributed by atoms with Crippen LogP contribution in [0.3, 0.4) is 0 Å². The van der Waals surface area contributed by atoms with Gasteiger partial charge in [-0.15, -0.1) is 0 Å². The molecule has 0 radical (unpaired) electrons. The fraction of sp³-hybridized carbons (Fsp3) is 0.350. The van der Waals surface area contributed by atoms with Gasteiger partial charge in [-0.2, -0.15) is 5.26 Å². The molecule has 27 heavy (non-hydrogen) atoms. The van der Waals surface area contributed by atoms with Crippen LogP contribution in [-0.2, 0) is 16.1 Å². The van der Waals surface area contributed by atoms with E-state index in [1.54, 1.807) is 30.3 Å². The van der Waals surface area contributed by atoms with Crippen LogP contribution in [0.5, 0.6) is 5.75 Å². The van der Waals surface area contributed by atoms with Crippen LogP contribution in [0.2, 0.25) is 0 Å². The monoisotopic (exact) mass is 370 g/mol. The number of amides is 1. The number of benzene rings is 1. The van der Waals surface area contributed by atoms with Crippen molar-refractivity contribution in [2.75, 3.05) is 7.11 Å². The van der Waals surface area contributed by atoms with Gasteiger partial charge in [0.2, 0.25) is 0 Å². The minimum atomic E-state index is -0.741. The Labute approximate surface area is 157 Å². The second-order valence-electron chi connectivity index (χ2n) is 6.34. The van der Waals surface area contributed by atoms with Gasteiger partial charge in [0.05, 0.1) is 12.7 Å². The highest BCUT2D eigenvalue weighted by molar-refractivity contribution is 5.94. The Bertz CT molecular complexity index is 835. The van der Waals surface area contributed by atoms with Crippen LogP contribution >= 0.6 is 0 Å². The number of methoxy groups -OCH3 is 1. The average Bonchev–Trinajstić information content (AvgIpc) is 3.14. The van der Waals surface area contributed by atoms with Gasteiger partial charge in [-0.1, -0.05) is 26.0 Å². The van der Waals surface area contributed by atoms with Gasteiger partial charge < -0.3 is 19.2 Å². The van der Waals surface area contributed by atoms with E-state index < -0.39 is 17.9 Å². The number of carbonyl (C=O) groups is 2. The van der Waals surface area contributed by atoms with Gasteiger partial charge in [0.25, 0.3) is 5.91 Å². The molecule has 1 aromatic heterocycles. The van der Waals surface area contributed by atoms with Gasteiger partial charge in [0.15, 0.2) is 5.76 Å². The standard InChI is InChI=1S/C20H22N2O5/c1-13(2)10-16(20(24)25-3)22-19(23)18-9-8-15(27-18)12-26-17-7-5-4-6-14(17)11-21/h4-9,13,16H,10,12H2,1-3H3,(H,22,23). The molecule has 2 rings (SSSR count). The number of nitrogens with zero attached hydrogens (tertiary/aromatic N) is 1. The van der Waals surface area contributed by atoms with Gasteiger partial charge in [-0.25, -0.2) is 4.79 Å². The van der Waals surface area contributed by atoms with Crippen LogP contribution < -0.4 is 10.1 Å². The average molecular weight is 370 g/mol. The Morgan fingerprint density at radius 2 is 1.96 bits per heavy atom. The highest BCUT2D eigenvalue weighted by atomic mass is 16.5. The van der Waals surface area contributed by atoms with E-state index in [0.717, 1.165) is 0 Å². The van der Waals surface area contributed by atoms with Crippen molar-refractivity contribution in [3.05, 3.63) is 53.5 Å². The van der Waals surface area contributed by atoms with Crippen molar-refractivity contribution in [3.8, 4) is 11.8 Å². The topological polar surface area (TPSA) is 102 Å². The van der Waals surface area contributed by atoms with Crippen molar-refractivity contribution in [2.24, 2.45) is 5.92 Å². The van der Waals surface area contributed by atoms with E-state index >= 15 is 0 Å². The largest absolute Gasteiger partial charge is 0.484 e. The summed E-state index contributed by atoms with van der Waals surface area (Å²) in [7, 11) is 1.28. The summed E-state index contributed by atoms with van der Waals surface area (Å²) in [6.07, 6.45) is 0.458. The molecule has 0 saturated heterocycles. The first-order valence-corrected chi connectivity index (χ1v) is 8.54. The molecule has 0 fully saturated rings. The number of carbonyl (C=O) groups excluding carboxylic acids is 2. The third-order valence-corrected chi connectivity index (χ3v) is 3.76. The minimum absolute atomic E-state index is 0.0679. The predicted octanol–water partition coefficient (Wildman–Crippen LogP) is 3.05. The zero-order chi connectivity index (χ0) is 19.8. The normalized spacial score (nSPS) is 11.5. The van der Waals surface area contributed by atoms with E-state index in [2.05, 4.69) is 5.32 Å². The van der Waals surface area contributed by atoms with Crippen LogP contribution in [0.1, 0.15) is 42.1 Å². The molecule has 2 aromatic rings. The number of hydrogen-bond donors (Lipinski definition) is 1. The molecule has 0 saturated carbocycles. The summed E-state index contributed by atoms with van der Waals surface area (Å²) in [6.45, 7) is 3.96. The van der Waals surface area contributed by atoms with Crippen LogP contribution in [-0.4, -0.2) is 25.0 Å². The maximum atomic E-state index is 12.3. The lowest BCUT2D eigenvalue weighted by atomic mass is 10.0. The number of rotatable bonds is 8. The molecule has 0 bridgehead atoms. The fourth-order valence-corrected chi connectivity index (χ4v) is 2.47. The molecule has 1 N–H and O–H groups in total. The van der Waals surface area contributed by atoms with Crippen molar-refractivity contribution in [2.45, 2.75) is 32.9 Å². The molecule has 0 aliphatic carbocycles. The molecular weight excluding hydrogens is 348 g/mol. The van der Waals surface area contributed by atoms with Gasteiger partial charge in [-0.3, -0.25) is 4.79 Å². The smallest absolute Gasteiger partial charge is 0.328 e. The van der Waals surface area contributed by atoms with Gasteiger partial charge in [0, 0.05) is 0 Å². The number of para-hydroxylation sites is 1. The lowest BCUT2D eigenvalue weighted by Crippen LogP contribution is -2.42. The lowest BCUT2D eigenvalue weighted by molar-refractivity contribution is -0.143. The Kier molecular flexibility index (Phi) is 7.00. The molecule has 7 nitrogen and oxygen atoms in total. The summed E-state index contributed by atoms with van der Waals surface area (Å²) < 4.78 is 15.8. The van der Waals surface area contributed by atoms with Crippen molar-refractivity contribution in [1.82, 2.24) is 5.32 Å². The number of furan rings is 1. The first kappa shape index (κ1) is 20.0. The maximum absolute atomic E-state index is 12.3. The van der Waals surface area contributed by atoms with Crippen LogP contribution in [0.15, 0.2) is 40.8 Å². The second-order valence-corrected chi connectivity index (χ2v) is 6.34. The molecule has 1 atom stereocenters. The van der Waals surface area contributed by atoms with Gasteiger partial charge >= 0.3 is 5.97 Å². The zero-order valence-corrected chi connectivity index (χ0v) is 15.5. The Morgan fingerprint density at radius 3 is 2.63 bits per heavy atom. The van der Waals surface area contributed by atoms with Crippen LogP contribution in [0.25, 0.3) is 0 Å². The first-order valence-electron chi connectivity index (χ1n) is 8.54. The van der Waals surface area contributed by atoms with E-state index in [1.165, 1.54) is 13.2 Å². The number of esters is 1. The number of nitriles is 1. The molecule has 7 heteroatoms. The summed E-state index contributed by atoms with van der Waals surface area (Å²) in [5.74, 6) is 0.126. The van der Waals surface area contributed by atoms with Crippen LogP contribution in [0, 0.1) is 17.2 Å². The van der Waals surface area contributed by atoms with Gasteiger partial charge in [-0.05, 0) is 36.6 Å². The van der Waals surface area contributed by atoms with E-state index in [0.29, 0.717) is 23.5 Å². The molecular formula is C20H22N2O5. The van der Waals surface area contributed by atoms with Crippen LogP contribution in [0.4, 0.5) is 0 Å². The summed E-state index contributed by atoms with van der Waals surface area (Å²) in [4.78, 5) is 24.2. The molecule has 0 aliphatic rings. The van der Waals surface area contributed by atoms with E-state index in [-0.39, 0.29) is 18.3 Å². The van der Waals surface area contributed by atoms with Crippen molar-refractivity contribution < 1.29 is 23.5 Å². The van der Waals surface area contributed by atoms with Crippen molar-refractivity contribution in [1.29, 1.82) is 5.26 Å². The summed E-state index contributed by atoms with van der Waals surface area (Å²) in [5.41, 5.74) is 0.414. The second kappa shape index (κ2) is 9.43. The summed E-state index contributed by atoms with van der Waals surface area (Å²) >= 11 is 0. The zero-order valence-electron chi connectivity index (χ0n) is 15.5. The number of nitrogens with one attached hydrogen (secondary N) is 1. The predicted molar refractivity (Wildman–Crippen MR) is 96.9 cm³/mol. The fourth-order valence-electron chi connectivity index (χ4n) is 2.47. The molecule has 0 spiro atoms. The molecule has 142 valence electrons. The Hall–Kier alpha value is -3.27. The van der Waals surface area contributed by atoms with Crippen molar-refractivity contribution in [3.63, 3.8) is 0 Å². The third kappa shape index (κ3) is 5.61. The van der Waals surface area contributed by atoms with E-state index in [9.17, 15) is 9.59 Å². The minimum Gasteiger partial charge on any atom is -0.484 e. The number of hydrogen-bond acceptors (Lipinski definition) is 6. The molecule has 0 aliphatic heterocycles. The molecule has 1 amide bonds. The highest BCUT2D eigenvalue weighted by Crippen LogP contribution is 2.19. The first-order chi connectivity index (χ1) is 12.9. The van der Waals surface area contributed by atoms with E-state index in [1.807, 2.05) is 19.9 Å².